The van der Waals surface area contributed by atoms with Crippen LogP contribution < -0.4 is 5.32 Å². The minimum Gasteiger partial charge on any atom is -0.478 e. The molecule has 1 aliphatic rings. The molecule has 6 nitrogen and oxygen atoms in total. The zero-order valence-corrected chi connectivity index (χ0v) is 15.3. The van der Waals surface area contributed by atoms with Gasteiger partial charge in [-0.25, -0.2) is 9.78 Å². The molecular weight excluding hydrogens is 348 g/mol. The first kappa shape index (κ1) is 16.7. The lowest BCUT2D eigenvalue weighted by atomic mass is 10.0. The Morgan fingerprint density at radius 2 is 2.12 bits per heavy atom. The summed E-state index contributed by atoms with van der Waals surface area (Å²) in [6.07, 6.45) is 1.93. The van der Waals surface area contributed by atoms with E-state index in [1.54, 1.807) is 6.07 Å². The minimum atomic E-state index is -0.944. The SMILES string of the molecule is CSc1ccc(-c2c(-c3cccc(C)n3)nc3n2CCN3)c(C(=O)O)c1. The molecule has 0 saturated carbocycles. The van der Waals surface area contributed by atoms with Gasteiger partial charge in [0.25, 0.3) is 0 Å². The Hall–Kier alpha value is -2.80. The van der Waals surface area contributed by atoms with Crippen LogP contribution in [0.3, 0.4) is 0 Å². The van der Waals surface area contributed by atoms with Gasteiger partial charge in [-0.15, -0.1) is 11.8 Å². The number of pyridine rings is 1. The molecule has 2 N–H and O–H groups in total. The van der Waals surface area contributed by atoms with Crippen LogP contribution in [0.15, 0.2) is 41.3 Å². The van der Waals surface area contributed by atoms with Gasteiger partial charge < -0.3 is 15.0 Å². The van der Waals surface area contributed by atoms with Crippen molar-refractivity contribution in [2.75, 3.05) is 18.1 Å². The first-order valence-electron chi connectivity index (χ1n) is 8.28. The Morgan fingerprint density at radius 1 is 1.27 bits per heavy atom. The van der Waals surface area contributed by atoms with Crippen molar-refractivity contribution in [1.29, 1.82) is 0 Å². The predicted octanol–water partition coefficient (Wildman–Crippen LogP) is 3.77. The maximum atomic E-state index is 11.9. The Bertz CT molecular complexity index is 1010. The monoisotopic (exact) mass is 366 g/mol. The lowest BCUT2D eigenvalue weighted by Crippen LogP contribution is -2.05. The number of aryl methyl sites for hydroxylation is 1. The van der Waals surface area contributed by atoms with E-state index in [1.165, 1.54) is 11.8 Å². The van der Waals surface area contributed by atoms with Crippen molar-refractivity contribution < 1.29 is 9.90 Å². The van der Waals surface area contributed by atoms with E-state index in [9.17, 15) is 9.90 Å². The van der Waals surface area contributed by atoms with Crippen LogP contribution in [0, 0.1) is 6.92 Å². The molecule has 3 heterocycles. The Kier molecular flexibility index (Phi) is 4.16. The molecule has 0 bridgehead atoms. The van der Waals surface area contributed by atoms with Crippen LogP contribution in [0.1, 0.15) is 16.1 Å². The Balaban J connectivity index is 1.99. The Morgan fingerprint density at radius 3 is 2.85 bits per heavy atom. The van der Waals surface area contributed by atoms with Crippen molar-refractivity contribution in [3.63, 3.8) is 0 Å². The van der Waals surface area contributed by atoms with E-state index in [-0.39, 0.29) is 5.56 Å². The number of rotatable bonds is 4. The van der Waals surface area contributed by atoms with Crippen LogP contribution in [0.2, 0.25) is 0 Å². The van der Waals surface area contributed by atoms with Crippen LogP contribution in [0.5, 0.6) is 0 Å². The summed E-state index contributed by atoms with van der Waals surface area (Å²) in [7, 11) is 0. The fourth-order valence-corrected chi connectivity index (χ4v) is 3.69. The van der Waals surface area contributed by atoms with Crippen molar-refractivity contribution in [2.24, 2.45) is 0 Å². The molecule has 0 saturated heterocycles. The number of nitrogens with one attached hydrogen (secondary N) is 1. The van der Waals surface area contributed by atoms with Crippen molar-refractivity contribution >= 4 is 23.7 Å². The highest BCUT2D eigenvalue weighted by molar-refractivity contribution is 7.98. The molecule has 132 valence electrons. The summed E-state index contributed by atoms with van der Waals surface area (Å²) in [4.78, 5) is 22.1. The summed E-state index contributed by atoms with van der Waals surface area (Å²) < 4.78 is 2.04. The predicted molar refractivity (Wildman–Crippen MR) is 103 cm³/mol. The number of carboxylic acid groups (broad SMARTS) is 1. The molecule has 3 aromatic rings. The summed E-state index contributed by atoms with van der Waals surface area (Å²) in [5.74, 6) is -0.191. The van der Waals surface area contributed by atoms with E-state index < -0.39 is 5.97 Å². The van der Waals surface area contributed by atoms with Crippen LogP contribution in [-0.2, 0) is 6.54 Å². The highest BCUT2D eigenvalue weighted by Gasteiger charge is 2.26. The van der Waals surface area contributed by atoms with Crippen molar-refractivity contribution in [3.8, 4) is 22.6 Å². The number of aromatic carboxylic acids is 1. The largest absolute Gasteiger partial charge is 0.478 e. The molecule has 7 heteroatoms. The maximum Gasteiger partial charge on any atom is 0.336 e. The third kappa shape index (κ3) is 2.74. The lowest BCUT2D eigenvalue weighted by molar-refractivity contribution is 0.0697. The third-order valence-electron chi connectivity index (χ3n) is 4.43. The molecule has 0 aliphatic carbocycles. The van der Waals surface area contributed by atoms with Gasteiger partial charge in [-0.1, -0.05) is 12.1 Å². The molecule has 0 spiro atoms. The van der Waals surface area contributed by atoms with E-state index >= 15 is 0 Å². The van der Waals surface area contributed by atoms with Gasteiger partial charge in [0.1, 0.15) is 5.69 Å². The second kappa shape index (κ2) is 6.49. The van der Waals surface area contributed by atoms with E-state index in [1.807, 2.05) is 48.1 Å². The fourth-order valence-electron chi connectivity index (χ4n) is 3.25. The summed E-state index contributed by atoms with van der Waals surface area (Å²) in [5, 5.41) is 13.0. The van der Waals surface area contributed by atoms with E-state index in [0.29, 0.717) is 11.3 Å². The van der Waals surface area contributed by atoms with Crippen LogP contribution >= 0.6 is 11.8 Å². The van der Waals surface area contributed by atoms with Gasteiger partial charge >= 0.3 is 5.97 Å². The van der Waals surface area contributed by atoms with Gasteiger partial charge in [0.05, 0.1) is 17.0 Å². The van der Waals surface area contributed by atoms with E-state index in [2.05, 4.69) is 10.3 Å². The smallest absolute Gasteiger partial charge is 0.336 e. The topological polar surface area (TPSA) is 80.0 Å². The lowest BCUT2D eigenvalue weighted by Gasteiger charge is -2.12. The van der Waals surface area contributed by atoms with Gasteiger partial charge in [0.2, 0.25) is 5.95 Å². The van der Waals surface area contributed by atoms with Gasteiger partial charge in [0.15, 0.2) is 0 Å². The van der Waals surface area contributed by atoms with Crippen LogP contribution in [0.25, 0.3) is 22.6 Å². The molecule has 0 fully saturated rings. The Labute approximate surface area is 155 Å². The van der Waals surface area contributed by atoms with Gasteiger partial charge in [-0.3, -0.25) is 4.98 Å². The molecule has 4 rings (SSSR count). The number of imidazole rings is 1. The zero-order valence-electron chi connectivity index (χ0n) is 14.5. The van der Waals surface area contributed by atoms with Crippen molar-refractivity contribution in [1.82, 2.24) is 14.5 Å². The summed E-state index contributed by atoms with van der Waals surface area (Å²) in [6, 6.07) is 11.3. The van der Waals surface area contributed by atoms with E-state index in [0.717, 1.165) is 41.0 Å². The molecule has 1 aromatic carbocycles. The number of hydrogen-bond acceptors (Lipinski definition) is 5. The summed E-state index contributed by atoms with van der Waals surface area (Å²) >= 11 is 1.52. The normalized spacial score (nSPS) is 12.7. The quantitative estimate of drug-likeness (QED) is 0.684. The number of aromatic nitrogens is 3. The number of hydrogen-bond donors (Lipinski definition) is 2. The number of nitrogens with zero attached hydrogens (tertiary/aromatic N) is 3. The van der Waals surface area contributed by atoms with Gasteiger partial charge in [0, 0.05) is 29.2 Å². The average Bonchev–Trinajstić information content (AvgIpc) is 3.22. The highest BCUT2D eigenvalue weighted by Crippen LogP contribution is 2.38. The zero-order chi connectivity index (χ0) is 18.3. The second-order valence-electron chi connectivity index (χ2n) is 6.09. The molecular formula is C19H18N4O2S. The second-order valence-corrected chi connectivity index (χ2v) is 6.97. The first-order chi connectivity index (χ1) is 12.6. The highest BCUT2D eigenvalue weighted by atomic mass is 32.2. The first-order valence-corrected chi connectivity index (χ1v) is 9.51. The standard InChI is InChI=1S/C19H18N4O2S/c1-11-4-3-5-15(21-11)16-17(23-9-8-20-19(23)22-16)13-7-6-12(26-2)10-14(13)18(24)25/h3-7,10H,8-9H2,1-2H3,(H,20,22)(H,24,25). The number of carbonyl (C=O) groups is 1. The minimum absolute atomic E-state index is 0.278. The molecule has 0 amide bonds. The maximum absolute atomic E-state index is 11.9. The number of anilines is 1. The number of fused-ring (bicyclic) bond motifs is 1. The molecule has 2 aromatic heterocycles. The van der Waals surface area contributed by atoms with Gasteiger partial charge in [-0.2, -0.15) is 0 Å². The number of carboxylic acids is 1. The molecule has 1 aliphatic heterocycles. The molecule has 0 atom stereocenters. The number of thioether (sulfide) groups is 1. The fraction of sp³-hybridized carbons (Fsp3) is 0.211. The molecule has 0 unspecified atom stereocenters. The van der Waals surface area contributed by atoms with Crippen molar-refractivity contribution in [3.05, 3.63) is 47.7 Å². The molecule has 0 radical (unpaired) electrons. The summed E-state index contributed by atoms with van der Waals surface area (Å²) in [5.41, 5.74) is 4.08. The third-order valence-corrected chi connectivity index (χ3v) is 5.15. The summed E-state index contributed by atoms with van der Waals surface area (Å²) in [6.45, 7) is 3.45. The number of benzene rings is 1. The van der Waals surface area contributed by atoms with Crippen LogP contribution in [0.4, 0.5) is 5.95 Å². The van der Waals surface area contributed by atoms with Crippen molar-refractivity contribution in [2.45, 2.75) is 18.4 Å². The average molecular weight is 366 g/mol. The molecule has 26 heavy (non-hydrogen) atoms. The van der Waals surface area contributed by atoms with Crippen LogP contribution in [-0.4, -0.2) is 38.4 Å². The van der Waals surface area contributed by atoms with E-state index in [4.69, 9.17) is 4.98 Å². The van der Waals surface area contributed by atoms with Gasteiger partial charge in [-0.05, 0) is 37.4 Å².